The van der Waals surface area contributed by atoms with Crippen LogP contribution in [0.2, 0.25) is 0 Å². The summed E-state index contributed by atoms with van der Waals surface area (Å²) in [5.74, 6) is -0.210. The predicted octanol–water partition coefficient (Wildman–Crippen LogP) is -0.575. The molecule has 6 nitrogen and oxygen atoms in total. The Bertz CT molecular complexity index is 581. The van der Waals surface area contributed by atoms with Crippen molar-refractivity contribution >= 4 is 10.0 Å². The monoisotopic (exact) mass is 282 g/mol. The number of nitrogens with zero attached hydrogens (tertiary/aromatic N) is 2. The predicted molar refractivity (Wildman–Crippen MR) is 67.4 cm³/mol. The molecule has 0 radical (unpaired) electrons. The van der Waals surface area contributed by atoms with Crippen molar-refractivity contribution in [2.45, 2.75) is 18.0 Å². The third-order valence-electron chi connectivity index (χ3n) is 3.05. The number of hydrogen-bond acceptors (Lipinski definition) is 5. The highest BCUT2D eigenvalue weighted by Gasteiger charge is 2.36. The van der Waals surface area contributed by atoms with Gasteiger partial charge in [-0.05, 0) is 17.7 Å². The molecule has 0 amide bonds. The van der Waals surface area contributed by atoms with Gasteiger partial charge in [0.2, 0.25) is 10.0 Å². The summed E-state index contributed by atoms with van der Waals surface area (Å²) in [5.41, 5.74) is 1.03. The lowest BCUT2D eigenvalue weighted by atomic mass is 10.2. The maximum atomic E-state index is 12.1. The lowest BCUT2D eigenvalue weighted by molar-refractivity contribution is 0.0572. The van der Waals surface area contributed by atoms with Gasteiger partial charge < -0.3 is 10.2 Å². The fourth-order valence-corrected chi connectivity index (χ4v) is 3.50. The number of benzene rings is 1. The van der Waals surface area contributed by atoms with Crippen LogP contribution in [0.25, 0.3) is 0 Å². The van der Waals surface area contributed by atoms with Crippen LogP contribution < -0.4 is 0 Å². The van der Waals surface area contributed by atoms with Crippen molar-refractivity contribution in [3.8, 4) is 6.07 Å². The van der Waals surface area contributed by atoms with Crippen molar-refractivity contribution in [1.82, 2.24) is 4.31 Å². The molecule has 2 rings (SSSR count). The molecule has 1 aliphatic rings. The highest BCUT2D eigenvalue weighted by atomic mass is 32.2. The standard InChI is InChI=1S/C12H14N2O4S/c13-5-9-1-3-10(4-2-9)8-19(17,18)14-6-11(15)12(16)7-14/h1-4,11-12,15-16H,6-8H2/t11-,12+. The van der Waals surface area contributed by atoms with E-state index < -0.39 is 22.2 Å². The van der Waals surface area contributed by atoms with Crippen LogP contribution in [0.4, 0.5) is 0 Å². The van der Waals surface area contributed by atoms with Crippen LogP contribution in [0.15, 0.2) is 24.3 Å². The molecule has 2 atom stereocenters. The van der Waals surface area contributed by atoms with Crippen LogP contribution in [-0.4, -0.2) is 48.2 Å². The van der Waals surface area contributed by atoms with Gasteiger partial charge in [0, 0.05) is 13.1 Å². The molecule has 1 aromatic rings. The molecule has 0 unspecified atom stereocenters. The van der Waals surface area contributed by atoms with Crippen molar-refractivity contribution in [3.63, 3.8) is 0 Å². The molecule has 1 aromatic carbocycles. The van der Waals surface area contributed by atoms with Crippen molar-refractivity contribution < 1.29 is 18.6 Å². The van der Waals surface area contributed by atoms with Crippen LogP contribution in [0.1, 0.15) is 11.1 Å². The molecule has 2 N–H and O–H groups in total. The molecule has 0 bridgehead atoms. The van der Waals surface area contributed by atoms with E-state index in [0.29, 0.717) is 11.1 Å². The van der Waals surface area contributed by atoms with E-state index in [1.54, 1.807) is 24.3 Å². The number of aliphatic hydroxyl groups is 2. The molecule has 0 aromatic heterocycles. The van der Waals surface area contributed by atoms with Crippen LogP contribution in [-0.2, 0) is 15.8 Å². The Morgan fingerprint density at radius 1 is 1.21 bits per heavy atom. The first-order chi connectivity index (χ1) is 8.92. The number of nitriles is 1. The van der Waals surface area contributed by atoms with Crippen LogP contribution in [0.5, 0.6) is 0 Å². The SMILES string of the molecule is N#Cc1ccc(CS(=O)(=O)N2C[C@@H](O)[C@@H](O)C2)cc1. The lowest BCUT2D eigenvalue weighted by Crippen LogP contribution is -2.31. The molecule has 1 aliphatic heterocycles. The molecule has 1 heterocycles. The molecular weight excluding hydrogens is 268 g/mol. The molecule has 1 saturated heterocycles. The zero-order valence-corrected chi connectivity index (χ0v) is 10.9. The molecular formula is C12H14N2O4S. The molecule has 19 heavy (non-hydrogen) atoms. The van der Waals surface area contributed by atoms with Gasteiger partial charge in [-0.1, -0.05) is 12.1 Å². The zero-order valence-electron chi connectivity index (χ0n) is 10.1. The summed E-state index contributed by atoms with van der Waals surface area (Å²) in [6.45, 7) is -0.167. The summed E-state index contributed by atoms with van der Waals surface area (Å²) in [6.07, 6.45) is -2.06. The summed E-state index contributed by atoms with van der Waals surface area (Å²) in [7, 11) is -3.57. The van der Waals surface area contributed by atoms with E-state index in [-0.39, 0.29) is 18.8 Å². The minimum atomic E-state index is -3.57. The van der Waals surface area contributed by atoms with E-state index >= 15 is 0 Å². The third kappa shape index (κ3) is 3.11. The van der Waals surface area contributed by atoms with Crippen LogP contribution >= 0.6 is 0 Å². The molecule has 0 aliphatic carbocycles. The van der Waals surface area contributed by atoms with Gasteiger partial charge in [-0.25, -0.2) is 8.42 Å². The second-order valence-corrected chi connectivity index (χ2v) is 6.49. The van der Waals surface area contributed by atoms with Crippen LogP contribution in [0, 0.1) is 11.3 Å². The van der Waals surface area contributed by atoms with Crippen LogP contribution in [0.3, 0.4) is 0 Å². The second-order valence-electron chi connectivity index (χ2n) is 4.52. The number of hydrogen-bond donors (Lipinski definition) is 2. The first-order valence-corrected chi connectivity index (χ1v) is 7.36. The average molecular weight is 282 g/mol. The van der Waals surface area contributed by atoms with Gasteiger partial charge in [0.1, 0.15) is 0 Å². The third-order valence-corrected chi connectivity index (χ3v) is 4.83. The Labute approximate surface area is 111 Å². The lowest BCUT2D eigenvalue weighted by Gasteiger charge is -2.15. The number of aliphatic hydroxyl groups excluding tert-OH is 2. The minimum Gasteiger partial charge on any atom is -0.389 e. The van der Waals surface area contributed by atoms with Gasteiger partial charge in [0.15, 0.2) is 0 Å². The summed E-state index contributed by atoms with van der Waals surface area (Å²) < 4.78 is 25.3. The quantitative estimate of drug-likeness (QED) is 0.772. The van der Waals surface area contributed by atoms with E-state index in [0.717, 1.165) is 4.31 Å². The first kappa shape index (κ1) is 14.0. The normalized spacial score (nSPS) is 24.3. The Morgan fingerprint density at radius 3 is 2.21 bits per heavy atom. The van der Waals surface area contributed by atoms with E-state index in [4.69, 9.17) is 5.26 Å². The molecule has 0 saturated carbocycles. The number of β-amino-alcohol motifs (C(OH)–C–C–N with tert-alkyl or cyclic N) is 2. The molecule has 1 fully saturated rings. The summed E-state index contributed by atoms with van der Waals surface area (Å²) in [5, 5.41) is 27.4. The smallest absolute Gasteiger partial charge is 0.218 e. The van der Waals surface area contributed by atoms with E-state index in [9.17, 15) is 18.6 Å². The number of sulfonamides is 1. The molecule has 7 heteroatoms. The van der Waals surface area contributed by atoms with Crippen molar-refractivity contribution in [3.05, 3.63) is 35.4 Å². The highest BCUT2D eigenvalue weighted by Crippen LogP contribution is 2.18. The van der Waals surface area contributed by atoms with Gasteiger partial charge >= 0.3 is 0 Å². The Kier molecular flexibility index (Phi) is 3.87. The minimum absolute atomic E-state index is 0.0836. The fourth-order valence-electron chi connectivity index (χ4n) is 1.94. The van der Waals surface area contributed by atoms with Gasteiger partial charge in [-0.3, -0.25) is 0 Å². The Balaban J connectivity index is 2.11. The summed E-state index contributed by atoms with van der Waals surface area (Å²) in [6, 6.07) is 8.23. The second kappa shape index (κ2) is 5.27. The van der Waals surface area contributed by atoms with Crippen molar-refractivity contribution in [2.75, 3.05) is 13.1 Å². The fraction of sp³-hybridized carbons (Fsp3) is 0.417. The number of rotatable bonds is 3. The van der Waals surface area contributed by atoms with Gasteiger partial charge in [0.25, 0.3) is 0 Å². The summed E-state index contributed by atoms with van der Waals surface area (Å²) >= 11 is 0. The van der Waals surface area contributed by atoms with E-state index in [1.807, 2.05) is 6.07 Å². The molecule has 0 spiro atoms. The largest absolute Gasteiger partial charge is 0.389 e. The zero-order chi connectivity index (χ0) is 14.0. The van der Waals surface area contributed by atoms with Crippen molar-refractivity contribution in [1.29, 1.82) is 5.26 Å². The Hall–Kier alpha value is -1.46. The topological polar surface area (TPSA) is 102 Å². The van der Waals surface area contributed by atoms with Crippen molar-refractivity contribution in [2.24, 2.45) is 0 Å². The van der Waals surface area contributed by atoms with E-state index in [1.165, 1.54) is 0 Å². The first-order valence-electron chi connectivity index (χ1n) is 5.75. The molecule has 102 valence electrons. The average Bonchev–Trinajstić information content (AvgIpc) is 2.71. The van der Waals surface area contributed by atoms with Gasteiger partial charge in [0.05, 0.1) is 29.6 Å². The Morgan fingerprint density at radius 2 is 1.74 bits per heavy atom. The van der Waals surface area contributed by atoms with E-state index in [2.05, 4.69) is 0 Å². The summed E-state index contributed by atoms with van der Waals surface area (Å²) in [4.78, 5) is 0. The van der Waals surface area contributed by atoms with Gasteiger partial charge in [-0.15, -0.1) is 0 Å². The maximum absolute atomic E-state index is 12.1. The highest BCUT2D eigenvalue weighted by molar-refractivity contribution is 7.88. The van der Waals surface area contributed by atoms with Gasteiger partial charge in [-0.2, -0.15) is 9.57 Å². The maximum Gasteiger partial charge on any atom is 0.218 e.